The van der Waals surface area contributed by atoms with Gasteiger partial charge in [-0.2, -0.15) is 5.26 Å². The fourth-order valence-corrected chi connectivity index (χ4v) is 5.65. The van der Waals surface area contributed by atoms with Crippen LogP contribution in [0.4, 0.5) is 0 Å². The van der Waals surface area contributed by atoms with Crippen molar-refractivity contribution in [3.63, 3.8) is 0 Å². The Kier molecular flexibility index (Phi) is 6.89. The number of nitriles is 1. The van der Waals surface area contributed by atoms with E-state index in [-0.39, 0.29) is 11.9 Å². The Balaban J connectivity index is 1.34. The summed E-state index contributed by atoms with van der Waals surface area (Å²) in [6.07, 6.45) is 2.42. The number of amides is 1. The number of imidazole rings is 1. The number of aromatic nitrogens is 2. The highest BCUT2D eigenvalue weighted by Gasteiger charge is 2.36. The van der Waals surface area contributed by atoms with Crippen molar-refractivity contribution in [2.75, 3.05) is 20.2 Å². The zero-order chi connectivity index (χ0) is 27.0. The number of benzene rings is 2. The van der Waals surface area contributed by atoms with Crippen LogP contribution >= 0.6 is 0 Å². The number of rotatable bonds is 5. The van der Waals surface area contributed by atoms with E-state index < -0.39 is 0 Å². The summed E-state index contributed by atoms with van der Waals surface area (Å²) in [4.78, 5) is 40.8. The van der Waals surface area contributed by atoms with Gasteiger partial charge in [-0.15, -0.1) is 0 Å². The molecule has 9 heteroatoms. The highest BCUT2D eigenvalue weighted by atomic mass is 16.8. The number of carbonyl (C=O) groups is 1. The topological polar surface area (TPSA) is 105 Å². The molecule has 2 aliphatic rings. The Labute approximate surface area is 222 Å². The lowest BCUT2D eigenvalue weighted by Gasteiger charge is -2.32. The molecule has 3 aromatic rings. The van der Waals surface area contributed by atoms with Crippen molar-refractivity contribution in [3.8, 4) is 17.5 Å². The molecule has 1 saturated heterocycles. The van der Waals surface area contributed by atoms with E-state index >= 15 is 0 Å². The molecule has 5 rings (SSSR count). The molecule has 0 spiro atoms. The largest absolute Gasteiger partial charge is 0.359 e. The monoisotopic (exact) mass is 513 g/mol. The standard InChI is InChI=1S/C29H33N6O3/c1-18-13-19(2)25(29(36)33-11-9-23(10-12-33)22-7-5-21(16-30)6-8-22)15-24(18)28-31-26-14-20(3)34(35(37)38-4)17-27(26)32-28/h5-8,13,15,20,23H,9-12,14,17H2,1-4H3,(H,31,32)/q+1. The summed E-state index contributed by atoms with van der Waals surface area (Å²) >= 11 is 0. The van der Waals surface area contributed by atoms with Gasteiger partial charge < -0.3 is 9.88 Å². The second-order valence-corrected chi connectivity index (χ2v) is 10.4. The molecule has 0 aliphatic carbocycles. The molecule has 1 aromatic heterocycles. The summed E-state index contributed by atoms with van der Waals surface area (Å²) < 4.78 is 0. The summed E-state index contributed by atoms with van der Waals surface area (Å²) in [5.74, 6) is 1.14. The summed E-state index contributed by atoms with van der Waals surface area (Å²) in [6, 6.07) is 13.9. The van der Waals surface area contributed by atoms with Gasteiger partial charge in [-0.3, -0.25) is 4.79 Å². The van der Waals surface area contributed by atoms with Gasteiger partial charge in [0, 0.05) is 30.6 Å². The van der Waals surface area contributed by atoms with Gasteiger partial charge in [-0.25, -0.2) is 9.82 Å². The molecular formula is C29H33N6O3+. The lowest BCUT2D eigenvalue weighted by molar-refractivity contribution is -0.911. The quantitative estimate of drug-likeness (QED) is 0.501. The number of hydrogen-bond donors (Lipinski definition) is 1. The number of H-pyrrole nitrogens is 1. The van der Waals surface area contributed by atoms with Crippen LogP contribution in [0.1, 0.15) is 69.7 Å². The zero-order valence-electron chi connectivity index (χ0n) is 22.3. The first-order valence-electron chi connectivity index (χ1n) is 13.1. The van der Waals surface area contributed by atoms with E-state index in [1.54, 1.807) is 5.01 Å². The summed E-state index contributed by atoms with van der Waals surface area (Å²) in [7, 11) is 1.36. The predicted molar refractivity (Wildman–Crippen MR) is 142 cm³/mol. The van der Waals surface area contributed by atoms with Crippen molar-refractivity contribution in [1.82, 2.24) is 19.9 Å². The van der Waals surface area contributed by atoms with Gasteiger partial charge in [0.15, 0.2) is 7.11 Å². The van der Waals surface area contributed by atoms with Gasteiger partial charge in [0.2, 0.25) is 0 Å². The third kappa shape index (κ3) is 4.74. The number of piperidine rings is 1. The Morgan fingerprint density at radius 1 is 1.16 bits per heavy atom. The molecule has 38 heavy (non-hydrogen) atoms. The Hall–Kier alpha value is -4.19. The summed E-state index contributed by atoms with van der Waals surface area (Å²) in [6.45, 7) is 7.75. The zero-order valence-corrected chi connectivity index (χ0v) is 22.3. The van der Waals surface area contributed by atoms with E-state index in [1.165, 1.54) is 12.7 Å². The van der Waals surface area contributed by atoms with E-state index in [2.05, 4.69) is 11.1 Å². The Morgan fingerprint density at radius 2 is 1.87 bits per heavy atom. The minimum Gasteiger partial charge on any atom is -0.340 e. The Morgan fingerprint density at radius 3 is 2.53 bits per heavy atom. The summed E-state index contributed by atoms with van der Waals surface area (Å²) in [5.41, 5.74) is 7.28. The minimum absolute atomic E-state index is 0.0419. The number of hydrazine groups is 1. The number of likely N-dealkylation sites (tertiary alicyclic amines) is 1. The van der Waals surface area contributed by atoms with Gasteiger partial charge in [0.25, 0.3) is 5.91 Å². The molecule has 0 saturated carbocycles. The van der Waals surface area contributed by atoms with Gasteiger partial charge >= 0.3 is 5.03 Å². The average molecular weight is 514 g/mol. The highest BCUT2D eigenvalue weighted by Crippen LogP contribution is 2.32. The van der Waals surface area contributed by atoms with Crippen molar-refractivity contribution in [1.29, 1.82) is 5.26 Å². The number of nitrogens with zero attached hydrogens (tertiary/aromatic N) is 5. The number of carbonyl (C=O) groups excluding carboxylic acids is 1. The fourth-order valence-electron chi connectivity index (χ4n) is 5.65. The molecule has 9 nitrogen and oxygen atoms in total. The predicted octanol–water partition coefficient (Wildman–Crippen LogP) is 4.59. The number of nitrogens with one attached hydrogen (secondary N) is 1. The van der Waals surface area contributed by atoms with E-state index in [4.69, 9.17) is 15.1 Å². The third-order valence-electron chi connectivity index (χ3n) is 7.90. The van der Waals surface area contributed by atoms with E-state index in [0.29, 0.717) is 54.0 Å². The number of aryl methyl sites for hydroxylation is 2. The molecule has 196 valence electrons. The second-order valence-electron chi connectivity index (χ2n) is 10.4. The highest BCUT2D eigenvalue weighted by molar-refractivity contribution is 5.97. The third-order valence-corrected chi connectivity index (χ3v) is 7.90. The molecule has 0 bridgehead atoms. The maximum atomic E-state index is 13.6. The molecule has 1 fully saturated rings. The van der Waals surface area contributed by atoms with Crippen LogP contribution in [0.15, 0.2) is 36.4 Å². The molecule has 2 aliphatic heterocycles. The lowest BCUT2D eigenvalue weighted by atomic mass is 9.88. The maximum Gasteiger partial charge on any atom is 0.359 e. The number of aromatic amines is 1. The van der Waals surface area contributed by atoms with Gasteiger partial charge in [0.1, 0.15) is 17.3 Å². The molecule has 2 aromatic carbocycles. The first-order valence-corrected chi connectivity index (χ1v) is 13.1. The van der Waals surface area contributed by atoms with Crippen molar-refractivity contribution in [2.45, 2.75) is 58.5 Å². The van der Waals surface area contributed by atoms with Crippen LogP contribution in [0.2, 0.25) is 0 Å². The SMILES string of the molecule is CO[N+](=O)N1Cc2[nH]c(-c3cc(C(=O)N4CCC(c5ccc(C#N)cc5)CC4)c(C)cc3C)nc2CC1C. The van der Waals surface area contributed by atoms with Crippen molar-refractivity contribution >= 4 is 5.91 Å². The lowest BCUT2D eigenvalue weighted by Crippen LogP contribution is -2.43. The Bertz CT molecular complexity index is 1410. The van der Waals surface area contributed by atoms with Gasteiger partial charge in [0.05, 0.1) is 29.1 Å². The number of fused-ring (bicyclic) bond motifs is 1. The molecular weight excluding hydrogens is 480 g/mol. The molecule has 1 N–H and O–H groups in total. The molecule has 0 radical (unpaired) electrons. The van der Waals surface area contributed by atoms with Crippen LogP contribution in [0, 0.1) is 30.1 Å². The molecule has 1 amide bonds. The van der Waals surface area contributed by atoms with Crippen LogP contribution in [-0.2, 0) is 17.8 Å². The van der Waals surface area contributed by atoms with Crippen LogP contribution < -0.4 is 0 Å². The van der Waals surface area contributed by atoms with Crippen molar-refractivity contribution < 1.29 is 14.7 Å². The summed E-state index contributed by atoms with van der Waals surface area (Å²) in [5, 5.41) is 11.2. The fraction of sp³-hybridized carbons (Fsp3) is 0.414. The minimum atomic E-state index is -0.0421. The number of hydrogen-bond acceptors (Lipinski definition) is 5. The van der Waals surface area contributed by atoms with Crippen molar-refractivity contribution in [2.24, 2.45) is 0 Å². The molecule has 1 unspecified atom stereocenters. The van der Waals surface area contributed by atoms with Gasteiger partial charge in [-0.1, -0.05) is 23.2 Å². The first-order chi connectivity index (χ1) is 18.3. The smallest absolute Gasteiger partial charge is 0.340 e. The van der Waals surface area contributed by atoms with E-state index in [0.717, 1.165) is 40.9 Å². The van der Waals surface area contributed by atoms with E-state index in [1.807, 2.05) is 62.1 Å². The molecule has 1 atom stereocenters. The van der Waals surface area contributed by atoms with E-state index in [9.17, 15) is 9.70 Å². The van der Waals surface area contributed by atoms with Crippen molar-refractivity contribution in [3.05, 3.63) is 80.5 Å². The maximum absolute atomic E-state index is 13.6. The normalized spacial score (nSPS) is 17.6. The average Bonchev–Trinajstić information content (AvgIpc) is 3.34. The van der Waals surface area contributed by atoms with Crippen LogP contribution in [0.5, 0.6) is 0 Å². The van der Waals surface area contributed by atoms with Gasteiger partial charge in [-0.05, 0) is 74.4 Å². The van der Waals surface area contributed by atoms with Crippen LogP contribution in [0.3, 0.4) is 0 Å². The second kappa shape index (κ2) is 10.3. The van der Waals surface area contributed by atoms with Crippen LogP contribution in [-0.4, -0.2) is 57.1 Å². The van der Waals surface area contributed by atoms with Crippen LogP contribution in [0.25, 0.3) is 11.4 Å². The first kappa shape index (κ1) is 25.5. The molecule has 3 heterocycles.